The van der Waals surface area contributed by atoms with E-state index in [2.05, 4.69) is 36.2 Å². The minimum absolute atomic E-state index is 0.283. The molecule has 3 aromatic rings. The SMILES string of the molecule is O=c1[nH]nc2ccc(Oc3cncc(Br)c3)nn12. The molecule has 0 aliphatic heterocycles. The van der Waals surface area contributed by atoms with E-state index in [4.69, 9.17) is 4.74 Å². The van der Waals surface area contributed by atoms with Crippen molar-refractivity contribution in [2.45, 2.75) is 0 Å². The Morgan fingerprint density at radius 3 is 3.06 bits per heavy atom. The van der Waals surface area contributed by atoms with Crippen LogP contribution in [0.3, 0.4) is 0 Å². The summed E-state index contributed by atoms with van der Waals surface area (Å²) < 4.78 is 7.41. The molecule has 3 heterocycles. The quantitative estimate of drug-likeness (QED) is 0.773. The van der Waals surface area contributed by atoms with Gasteiger partial charge in [-0.3, -0.25) is 4.98 Å². The fourth-order valence-corrected chi connectivity index (χ4v) is 1.75. The highest BCUT2D eigenvalue weighted by Crippen LogP contribution is 2.21. The maximum absolute atomic E-state index is 11.3. The number of pyridine rings is 1. The molecule has 1 N–H and O–H groups in total. The van der Waals surface area contributed by atoms with Gasteiger partial charge in [0.15, 0.2) is 5.65 Å². The number of hydrogen-bond acceptors (Lipinski definition) is 5. The molecule has 0 aromatic carbocycles. The second-order valence-electron chi connectivity index (χ2n) is 3.41. The molecule has 0 saturated carbocycles. The van der Waals surface area contributed by atoms with E-state index in [0.29, 0.717) is 11.4 Å². The fraction of sp³-hybridized carbons (Fsp3) is 0. The first-order chi connectivity index (χ1) is 8.72. The summed E-state index contributed by atoms with van der Waals surface area (Å²) in [6, 6.07) is 5.00. The van der Waals surface area contributed by atoms with Gasteiger partial charge in [-0.1, -0.05) is 0 Å². The Hall–Kier alpha value is -2.22. The minimum atomic E-state index is -0.414. The molecule has 0 bridgehead atoms. The minimum Gasteiger partial charge on any atom is -0.436 e. The third-order valence-corrected chi connectivity index (χ3v) is 2.58. The van der Waals surface area contributed by atoms with Crippen molar-refractivity contribution < 1.29 is 4.74 Å². The molecular weight excluding hydrogens is 302 g/mol. The maximum atomic E-state index is 11.3. The van der Waals surface area contributed by atoms with Gasteiger partial charge < -0.3 is 4.74 Å². The van der Waals surface area contributed by atoms with Gasteiger partial charge in [0.05, 0.1) is 6.20 Å². The third kappa shape index (κ3) is 1.97. The first kappa shape index (κ1) is 10.9. The molecule has 90 valence electrons. The Kier molecular flexibility index (Phi) is 2.56. The predicted octanol–water partition coefficient (Wildman–Crippen LogP) is 1.37. The Morgan fingerprint density at radius 2 is 2.22 bits per heavy atom. The fourth-order valence-electron chi connectivity index (χ4n) is 1.41. The van der Waals surface area contributed by atoms with Gasteiger partial charge in [0.25, 0.3) is 0 Å². The van der Waals surface area contributed by atoms with Crippen LogP contribution in [0.15, 0.2) is 39.9 Å². The van der Waals surface area contributed by atoms with Crippen LogP contribution in [0.4, 0.5) is 0 Å². The van der Waals surface area contributed by atoms with Crippen molar-refractivity contribution in [1.29, 1.82) is 0 Å². The zero-order chi connectivity index (χ0) is 12.5. The van der Waals surface area contributed by atoms with Gasteiger partial charge in [0.2, 0.25) is 5.88 Å². The molecular formula is C10H6BrN5O2. The second kappa shape index (κ2) is 4.22. The van der Waals surface area contributed by atoms with Crippen molar-refractivity contribution in [3.8, 4) is 11.6 Å². The Balaban J connectivity index is 1.99. The van der Waals surface area contributed by atoms with Crippen LogP contribution < -0.4 is 10.4 Å². The van der Waals surface area contributed by atoms with Crippen LogP contribution in [0.5, 0.6) is 11.6 Å². The van der Waals surface area contributed by atoms with E-state index >= 15 is 0 Å². The summed E-state index contributed by atoms with van der Waals surface area (Å²) in [5.74, 6) is 0.804. The number of H-pyrrole nitrogens is 1. The summed E-state index contributed by atoms with van der Waals surface area (Å²) in [5, 5.41) is 10.1. The molecule has 0 spiro atoms. The van der Waals surface area contributed by atoms with Gasteiger partial charge in [-0.05, 0) is 28.1 Å². The molecule has 0 saturated heterocycles. The second-order valence-corrected chi connectivity index (χ2v) is 4.33. The molecule has 0 aliphatic rings. The monoisotopic (exact) mass is 307 g/mol. The topological polar surface area (TPSA) is 85.2 Å². The first-order valence-corrected chi connectivity index (χ1v) is 5.74. The number of ether oxygens (including phenoxy) is 1. The van der Waals surface area contributed by atoms with Crippen LogP contribution in [-0.4, -0.2) is 24.8 Å². The number of hydrogen-bond donors (Lipinski definition) is 1. The van der Waals surface area contributed by atoms with Crippen LogP contribution in [0.25, 0.3) is 5.65 Å². The Labute approximate surface area is 109 Å². The molecule has 18 heavy (non-hydrogen) atoms. The van der Waals surface area contributed by atoms with E-state index in [-0.39, 0.29) is 5.88 Å². The highest BCUT2D eigenvalue weighted by molar-refractivity contribution is 9.10. The highest BCUT2D eigenvalue weighted by Gasteiger charge is 2.05. The van der Waals surface area contributed by atoms with Crippen LogP contribution in [-0.2, 0) is 0 Å². The van der Waals surface area contributed by atoms with Crippen LogP contribution >= 0.6 is 15.9 Å². The molecule has 0 radical (unpaired) electrons. The van der Waals surface area contributed by atoms with Crippen molar-refractivity contribution in [3.63, 3.8) is 0 Å². The van der Waals surface area contributed by atoms with Gasteiger partial charge in [-0.15, -0.1) is 5.10 Å². The smallest absolute Gasteiger partial charge is 0.364 e. The molecule has 7 nitrogen and oxygen atoms in total. The zero-order valence-electron chi connectivity index (χ0n) is 8.87. The number of aromatic nitrogens is 5. The Morgan fingerprint density at radius 1 is 1.33 bits per heavy atom. The van der Waals surface area contributed by atoms with Gasteiger partial charge in [-0.25, -0.2) is 9.89 Å². The van der Waals surface area contributed by atoms with E-state index in [1.165, 1.54) is 0 Å². The lowest BCUT2D eigenvalue weighted by Crippen LogP contribution is -2.12. The normalized spacial score (nSPS) is 10.7. The number of fused-ring (bicyclic) bond motifs is 1. The number of halogens is 1. The van der Waals surface area contributed by atoms with Gasteiger partial charge >= 0.3 is 5.69 Å². The van der Waals surface area contributed by atoms with Gasteiger partial charge in [-0.2, -0.15) is 9.61 Å². The van der Waals surface area contributed by atoms with Gasteiger partial charge in [0.1, 0.15) is 5.75 Å². The lowest BCUT2D eigenvalue weighted by Gasteiger charge is -2.03. The lowest BCUT2D eigenvalue weighted by molar-refractivity contribution is 0.449. The first-order valence-electron chi connectivity index (χ1n) is 4.95. The molecule has 0 fully saturated rings. The third-order valence-electron chi connectivity index (χ3n) is 2.15. The zero-order valence-corrected chi connectivity index (χ0v) is 10.5. The van der Waals surface area contributed by atoms with Crippen molar-refractivity contribution in [2.75, 3.05) is 0 Å². The van der Waals surface area contributed by atoms with Gasteiger partial charge in [0, 0.05) is 16.7 Å². The van der Waals surface area contributed by atoms with E-state index in [1.807, 2.05) is 0 Å². The maximum Gasteiger partial charge on any atom is 0.364 e. The molecule has 3 aromatic heterocycles. The van der Waals surface area contributed by atoms with Crippen molar-refractivity contribution >= 4 is 21.6 Å². The summed E-state index contributed by atoms with van der Waals surface area (Å²) in [6.45, 7) is 0. The molecule has 0 atom stereocenters. The predicted molar refractivity (Wildman–Crippen MR) is 65.6 cm³/mol. The average Bonchev–Trinajstić information content (AvgIpc) is 2.71. The molecule has 8 heteroatoms. The standard InChI is InChI=1S/C10H6BrN5O2/c11-6-3-7(5-12-4-6)18-9-2-1-8-13-14-10(17)16(8)15-9/h1-5H,(H,14,17). The number of aromatic amines is 1. The van der Waals surface area contributed by atoms with Crippen molar-refractivity contribution in [1.82, 2.24) is 24.8 Å². The molecule has 3 rings (SSSR count). The van der Waals surface area contributed by atoms with Crippen LogP contribution in [0, 0.1) is 0 Å². The summed E-state index contributed by atoms with van der Waals surface area (Å²) in [6.07, 6.45) is 3.19. The molecule has 0 aliphatic carbocycles. The summed E-state index contributed by atoms with van der Waals surface area (Å²) in [5.41, 5.74) is 0.0162. The van der Waals surface area contributed by atoms with E-state index in [9.17, 15) is 4.79 Å². The summed E-state index contributed by atoms with van der Waals surface area (Å²) >= 11 is 3.29. The largest absolute Gasteiger partial charge is 0.436 e. The average molecular weight is 308 g/mol. The number of nitrogens with zero attached hydrogens (tertiary/aromatic N) is 4. The van der Waals surface area contributed by atoms with Crippen LogP contribution in [0.1, 0.15) is 0 Å². The number of nitrogens with one attached hydrogen (secondary N) is 1. The van der Waals surface area contributed by atoms with Crippen molar-refractivity contribution in [3.05, 3.63) is 45.5 Å². The van der Waals surface area contributed by atoms with E-state index < -0.39 is 5.69 Å². The van der Waals surface area contributed by atoms with Crippen molar-refractivity contribution in [2.24, 2.45) is 0 Å². The molecule has 0 unspecified atom stereocenters. The Bertz CT molecular complexity index is 766. The summed E-state index contributed by atoms with van der Waals surface area (Å²) in [7, 11) is 0. The highest BCUT2D eigenvalue weighted by atomic mass is 79.9. The van der Waals surface area contributed by atoms with E-state index in [0.717, 1.165) is 8.99 Å². The number of rotatable bonds is 2. The van der Waals surface area contributed by atoms with E-state index in [1.54, 1.807) is 30.6 Å². The van der Waals surface area contributed by atoms with Crippen LogP contribution in [0.2, 0.25) is 0 Å². The lowest BCUT2D eigenvalue weighted by atomic mass is 10.4. The molecule has 0 amide bonds. The summed E-state index contributed by atoms with van der Waals surface area (Å²) in [4.78, 5) is 15.3.